The van der Waals surface area contributed by atoms with Gasteiger partial charge >= 0.3 is 0 Å². The monoisotopic (exact) mass is 432 g/mol. The van der Waals surface area contributed by atoms with Crippen molar-refractivity contribution >= 4 is 21.6 Å². The van der Waals surface area contributed by atoms with E-state index in [0.717, 1.165) is 31.8 Å². The zero-order valence-electron chi connectivity index (χ0n) is 17.0. The van der Waals surface area contributed by atoms with Crippen molar-refractivity contribution in [3.05, 3.63) is 48.2 Å². The summed E-state index contributed by atoms with van der Waals surface area (Å²) in [6, 6.07) is 12.6. The van der Waals surface area contributed by atoms with Crippen molar-refractivity contribution in [1.29, 1.82) is 0 Å². The molecule has 1 aromatic carbocycles. The molecule has 0 aliphatic carbocycles. The van der Waals surface area contributed by atoms with E-state index in [0.29, 0.717) is 17.9 Å². The molecule has 8 heteroatoms. The van der Waals surface area contributed by atoms with Crippen molar-refractivity contribution in [2.75, 3.05) is 36.1 Å². The lowest BCUT2D eigenvalue weighted by molar-refractivity contribution is -0.136. The van der Waals surface area contributed by atoms with E-state index in [1.807, 2.05) is 30.3 Å². The quantitative estimate of drug-likeness (QED) is 0.669. The van der Waals surface area contributed by atoms with Crippen LogP contribution in [0.1, 0.15) is 31.4 Å². The molecular formula is C22H28N2O5S. The maximum Gasteiger partial charge on any atom is 0.261 e. The number of benzene rings is 1. The lowest BCUT2D eigenvalue weighted by atomic mass is 10.1. The molecule has 0 bridgehead atoms. The molecule has 30 heavy (non-hydrogen) atoms. The topological polar surface area (TPSA) is 80.1 Å². The minimum Gasteiger partial charge on any atom is -0.484 e. The lowest BCUT2D eigenvalue weighted by Gasteiger charge is -2.28. The molecule has 7 nitrogen and oxygen atoms in total. The second-order valence-electron chi connectivity index (χ2n) is 7.97. The Labute approximate surface area is 177 Å². The second kappa shape index (κ2) is 9.12. The predicted octanol–water partition coefficient (Wildman–Crippen LogP) is 2.86. The van der Waals surface area contributed by atoms with Gasteiger partial charge < -0.3 is 19.0 Å². The molecule has 1 atom stereocenters. The molecule has 2 fully saturated rings. The average Bonchev–Trinajstić information content (AvgIpc) is 3.37. The molecule has 0 N–H and O–H groups in total. The number of para-hydroxylation sites is 1. The Morgan fingerprint density at radius 1 is 1.10 bits per heavy atom. The van der Waals surface area contributed by atoms with E-state index in [9.17, 15) is 13.2 Å². The Morgan fingerprint density at radius 3 is 2.57 bits per heavy atom. The number of piperidine rings is 1. The Bertz CT molecular complexity index is 951. The van der Waals surface area contributed by atoms with E-state index in [1.165, 1.54) is 6.42 Å². The van der Waals surface area contributed by atoms with E-state index < -0.39 is 9.84 Å². The Balaban J connectivity index is 1.46. The fourth-order valence-corrected chi connectivity index (χ4v) is 5.82. The first-order valence-corrected chi connectivity index (χ1v) is 12.3. The van der Waals surface area contributed by atoms with E-state index >= 15 is 0 Å². The van der Waals surface area contributed by atoms with Gasteiger partial charge in [0, 0.05) is 25.2 Å². The third kappa shape index (κ3) is 5.16. The number of carbonyl (C=O) groups excluding carboxylic acids is 1. The van der Waals surface area contributed by atoms with Gasteiger partial charge in [-0.05, 0) is 43.9 Å². The van der Waals surface area contributed by atoms with Crippen LogP contribution >= 0.6 is 0 Å². The standard InChI is InChI=1S/C22H28N2O5S/c25-21(16-28-19-7-3-1-4-8-19)24(18-11-14-30(26,27)17-18)15-20-9-10-22(29-20)23-12-5-2-6-13-23/h1,3-4,7-10,18H,2,5-6,11-17H2. The number of sulfone groups is 1. The van der Waals surface area contributed by atoms with Crippen molar-refractivity contribution in [3.8, 4) is 5.75 Å². The fourth-order valence-electron chi connectivity index (χ4n) is 4.09. The maximum atomic E-state index is 13.0. The summed E-state index contributed by atoms with van der Waals surface area (Å²) in [5.74, 6) is 1.94. The third-order valence-electron chi connectivity index (χ3n) is 5.72. The Kier molecular flexibility index (Phi) is 6.32. The molecule has 3 heterocycles. The predicted molar refractivity (Wildman–Crippen MR) is 114 cm³/mol. The summed E-state index contributed by atoms with van der Waals surface area (Å²) in [5.41, 5.74) is 0. The van der Waals surface area contributed by atoms with Crippen LogP contribution < -0.4 is 9.64 Å². The van der Waals surface area contributed by atoms with Gasteiger partial charge in [0.15, 0.2) is 22.3 Å². The smallest absolute Gasteiger partial charge is 0.261 e. The third-order valence-corrected chi connectivity index (χ3v) is 7.47. The first kappa shape index (κ1) is 20.8. The van der Waals surface area contributed by atoms with Crippen LogP contribution in [-0.2, 0) is 21.2 Å². The summed E-state index contributed by atoms with van der Waals surface area (Å²) in [6.45, 7) is 2.05. The van der Waals surface area contributed by atoms with E-state index in [4.69, 9.17) is 9.15 Å². The maximum absolute atomic E-state index is 13.0. The first-order valence-electron chi connectivity index (χ1n) is 10.5. The molecule has 1 aromatic heterocycles. The van der Waals surface area contributed by atoms with Crippen LogP contribution in [0.3, 0.4) is 0 Å². The van der Waals surface area contributed by atoms with Crippen LogP contribution in [0.15, 0.2) is 46.9 Å². The summed E-state index contributed by atoms with van der Waals surface area (Å²) in [5, 5.41) is 0. The van der Waals surface area contributed by atoms with Gasteiger partial charge in [0.05, 0.1) is 18.1 Å². The molecule has 2 aromatic rings. The van der Waals surface area contributed by atoms with Crippen molar-refractivity contribution < 1.29 is 22.4 Å². The van der Waals surface area contributed by atoms with Gasteiger partial charge in [0.2, 0.25) is 0 Å². The van der Waals surface area contributed by atoms with Crippen LogP contribution in [-0.4, -0.2) is 56.5 Å². The van der Waals surface area contributed by atoms with Crippen LogP contribution in [0.2, 0.25) is 0 Å². The minimum atomic E-state index is -3.12. The number of anilines is 1. The molecule has 4 rings (SSSR count). The van der Waals surface area contributed by atoms with Gasteiger partial charge in [-0.3, -0.25) is 4.79 Å². The molecule has 162 valence electrons. The minimum absolute atomic E-state index is 0.0102. The summed E-state index contributed by atoms with van der Waals surface area (Å²) >= 11 is 0. The van der Waals surface area contributed by atoms with E-state index in [2.05, 4.69) is 4.90 Å². The lowest BCUT2D eigenvalue weighted by Crippen LogP contribution is -2.43. The highest BCUT2D eigenvalue weighted by Gasteiger charge is 2.35. The molecular weight excluding hydrogens is 404 g/mol. The van der Waals surface area contributed by atoms with Crippen molar-refractivity contribution in [2.24, 2.45) is 0 Å². The number of hydrogen-bond donors (Lipinski definition) is 0. The summed E-state index contributed by atoms with van der Waals surface area (Å²) in [6.07, 6.45) is 3.98. The zero-order chi connectivity index (χ0) is 21.0. The fraction of sp³-hybridized carbons (Fsp3) is 0.500. The molecule has 2 saturated heterocycles. The second-order valence-corrected chi connectivity index (χ2v) is 10.2. The van der Waals surface area contributed by atoms with Gasteiger partial charge in [0.25, 0.3) is 5.91 Å². The van der Waals surface area contributed by atoms with Gasteiger partial charge in [0.1, 0.15) is 11.5 Å². The molecule has 1 amide bonds. The van der Waals surface area contributed by atoms with Crippen LogP contribution in [0, 0.1) is 0 Å². The summed E-state index contributed by atoms with van der Waals surface area (Å²) in [7, 11) is -3.12. The zero-order valence-corrected chi connectivity index (χ0v) is 17.9. The Hall–Kier alpha value is -2.48. The van der Waals surface area contributed by atoms with E-state index in [-0.39, 0.29) is 36.6 Å². The van der Waals surface area contributed by atoms with Crippen molar-refractivity contribution in [2.45, 2.75) is 38.3 Å². The number of hydrogen-bond acceptors (Lipinski definition) is 6. The van der Waals surface area contributed by atoms with Crippen LogP contribution in [0.25, 0.3) is 0 Å². The van der Waals surface area contributed by atoms with Crippen LogP contribution in [0.5, 0.6) is 5.75 Å². The normalized spacial score (nSPS) is 20.8. The molecule has 2 aliphatic rings. The van der Waals surface area contributed by atoms with Crippen LogP contribution in [0.4, 0.5) is 5.88 Å². The molecule has 1 unspecified atom stereocenters. The Morgan fingerprint density at radius 2 is 1.87 bits per heavy atom. The highest BCUT2D eigenvalue weighted by Crippen LogP contribution is 2.26. The molecule has 0 radical (unpaired) electrons. The summed E-state index contributed by atoms with van der Waals surface area (Å²) < 4.78 is 35.7. The largest absolute Gasteiger partial charge is 0.484 e. The molecule has 0 spiro atoms. The first-order chi connectivity index (χ1) is 14.5. The number of rotatable bonds is 7. The summed E-state index contributed by atoms with van der Waals surface area (Å²) in [4.78, 5) is 16.8. The highest BCUT2D eigenvalue weighted by molar-refractivity contribution is 7.91. The van der Waals surface area contributed by atoms with Gasteiger partial charge in [-0.2, -0.15) is 0 Å². The SMILES string of the molecule is O=C(COc1ccccc1)N(Cc1ccc(N2CCCCC2)o1)C1CCS(=O)(=O)C1. The van der Waals surface area contributed by atoms with Crippen molar-refractivity contribution in [3.63, 3.8) is 0 Å². The van der Waals surface area contributed by atoms with Crippen molar-refractivity contribution in [1.82, 2.24) is 4.90 Å². The average molecular weight is 433 g/mol. The molecule has 0 saturated carbocycles. The molecule has 2 aliphatic heterocycles. The number of ether oxygens (including phenoxy) is 1. The van der Waals surface area contributed by atoms with Gasteiger partial charge in [-0.1, -0.05) is 18.2 Å². The van der Waals surface area contributed by atoms with Gasteiger partial charge in [-0.15, -0.1) is 0 Å². The highest BCUT2D eigenvalue weighted by atomic mass is 32.2. The number of carbonyl (C=O) groups is 1. The van der Waals surface area contributed by atoms with Gasteiger partial charge in [-0.25, -0.2) is 8.42 Å². The van der Waals surface area contributed by atoms with E-state index in [1.54, 1.807) is 17.0 Å². The number of furan rings is 1. The number of nitrogens with zero attached hydrogens (tertiary/aromatic N) is 2. The number of amides is 1.